The molecule has 0 atom stereocenters. The minimum Gasteiger partial charge on any atom is -0.492 e. The molecule has 0 aliphatic heterocycles. The summed E-state index contributed by atoms with van der Waals surface area (Å²) in [5, 5.41) is 10.0. The van der Waals surface area contributed by atoms with Gasteiger partial charge in [0, 0.05) is 33.7 Å². The molecule has 0 bridgehead atoms. The van der Waals surface area contributed by atoms with Gasteiger partial charge in [0.25, 0.3) is 5.91 Å². The lowest BCUT2D eigenvalue weighted by Crippen LogP contribution is -2.13. The van der Waals surface area contributed by atoms with Crippen LogP contribution >= 0.6 is 22.9 Å². The molecule has 0 aliphatic carbocycles. The van der Waals surface area contributed by atoms with Crippen LogP contribution in [0.25, 0.3) is 21.3 Å². The van der Waals surface area contributed by atoms with Crippen molar-refractivity contribution in [2.75, 3.05) is 23.8 Å². The number of anilines is 3. The van der Waals surface area contributed by atoms with Gasteiger partial charge >= 0.3 is 0 Å². The molecule has 38 heavy (non-hydrogen) atoms. The van der Waals surface area contributed by atoms with Crippen molar-refractivity contribution in [3.8, 4) is 22.6 Å². The molecule has 0 radical (unpaired) electrons. The van der Waals surface area contributed by atoms with Crippen molar-refractivity contribution in [2.24, 2.45) is 0 Å². The lowest BCUT2D eigenvalue weighted by atomic mass is 10.1. The lowest BCUT2D eigenvalue weighted by molar-refractivity contribution is 0.102. The Kier molecular flexibility index (Phi) is 7.72. The molecule has 5 aromatic rings. The Morgan fingerprint density at radius 3 is 2.32 bits per heavy atom. The zero-order valence-corrected chi connectivity index (χ0v) is 22.4. The molecular weight excluding hydrogens is 520 g/mol. The highest BCUT2D eigenvalue weighted by molar-refractivity contribution is 7.17. The number of ether oxygens (including phenoxy) is 2. The Labute approximate surface area is 229 Å². The van der Waals surface area contributed by atoms with Crippen LogP contribution in [0.5, 0.6) is 11.5 Å². The van der Waals surface area contributed by atoms with Crippen LogP contribution < -0.4 is 20.1 Å². The van der Waals surface area contributed by atoms with E-state index in [2.05, 4.69) is 26.0 Å². The van der Waals surface area contributed by atoms with Crippen molar-refractivity contribution < 1.29 is 14.3 Å². The highest BCUT2D eigenvalue weighted by Crippen LogP contribution is 2.42. The molecule has 7 nitrogen and oxygen atoms in total. The molecule has 0 aliphatic rings. The Balaban J connectivity index is 1.55. The summed E-state index contributed by atoms with van der Waals surface area (Å²) in [5.41, 5.74) is 3.73. The van der Waals surface area contributed by atoms with Gasteiger partial charge in [-0.2, -0.15) is 0 Å². The van der Waals surface area contributed by atoms with E-state index in [1.54, 1.807) is 29.5 Å². The second-order valence-corrected chi connectivity index (χ2v) is 9.51. The SMILES string of the molecule is CCOc1cc(Nc2ncnc3scc(-c4ccc(Cl)cc4)c23)c(OCC)cc1NC(=O)c1ccccc1. The molecule has 5 rings (SSSR count). The van der Waals surface area contributed by atoms with E-state index >= 15 is 0 Å². The van der Waals surface area contributed by atoms with Crippen LogP contribution in [0.1, 0.15) is 24.2 Å². The van der Waals surface area contributed by atoms with E-state index in [1.807, 2.05) is 62.4 Å². The van der Waals surface area contributed by atoms with Crippen LogP contribution in [0.2, 0.25) is 5.02 Å². The predicted molar refractivity (Wildman–Crippen MR) is 154 cm³/mol. The predicted octanol–water partition coefficient (Wildman–Crippen LogP) is 7.81. The van der Waals surface area contributed by atoms with E-state index < -0.39 is 0 Å². The van der Waals surface area contributed by atoms with Gasteiger partial charge in [0.05, 0.1) is 30.0 Å². The average molecular weight is 545 g/mol. The van der Waals surface area contributed by atoms with Crippen molar-refractivity contribution in [1.82, 2.24) is 9.97 Å². The van der Waals surface area contributed by atoms with E-state index in [4.69, 9.17) is 21.1 Å². The molecule has 0 saturated heterocycles. The van der Waals surface area contributed by atoms with E-state index in [-0.39, 0.29) is 5.91 Å². The van der Waals surface area contributed by atoms with Gasteiger partial charge in [-0.1, -0.05) is 41.9 Å². The molecule has 3 aromatic carbocycles. The largest absolute Gasteiger partial charge is 0.492 e. The summed E-state index contributed by atoms with van der Waals surface area (Å²) in [4.78, 5) is 22.8. The molecule has 192 valence electrons. The second-order valence-electron chi connectivity index (χ2n) is 8.21. The highest BCUT2D eigenvalue weighted by atomic mass is 35.5. The van der Waals surface area contributed by atoms with Gasteiger partial charge in [-0.05, 0) is 43.7 Å². The maximum atomic E-state index is 12.9. The van der Waals surface area contributed by atoms with Crippen molar-refractivity contribution in [1.29, 1.82) is 0 Å². The normalized spacial score (nSPS) is 10.8. The van der Waals surface area contributed by atoms with Gasteiger partial charge in [-0.15, -0.1) is 11.3 Å². The summed E-state index contributed by atoms with van der Waals surface area (Å²) in [7, 11) is 0. The summed E-state index contributed by atoms with van der Waals surface area (Å²) in [6.07, 6.45) is 1.53. The summed E-state index contributed by atoms with van der Waals surface area (Å²) >= 11 is 7.65. The van der Waals surface area contributed by atoms with E-state index in [0.29, 0.717) is 52.5 Å². The molecule has 0 unspecified atom stereocenters. The van der Waals surface area contributed by atoms with Crippen molar-refractivity contribution >= 4 is 56.3 Å². The number of hydrogen-bond acceptors (Lipinski definition) is 7. The molecule has 0 saturated carbocycles. The molecule has 9 heteroatoms. The second kappa shape index (κ2) is 11.5. The summed E-state index contributed by atoms with van der Waals surface area (Å²) in [6, 6.07) is 20.3. The van der Waals surface area contributed by atoms with Crippen molar-refractivity contribution in [3.05, 3.63) is 89.0 Å². The minimum absolute atomic E-state index is 0.238. The van der Waals surface area contributed by atoms with Crippen LogP contribution in [0.3, 0.4) is 0 Å². The van der Waals surface area contributed by atoms with E-state index in [1.165, 1.54) is 6.33 Å². The first kappa shape index (κ1) is 25.5. The Morgan fingerprint density at radius 2 is 1.61 bits per heavy atom. The van der Waals surface area contributed by atoms with Crippen LogP contribution in [0.15, 0.2) is 78.4 Å². The van der Waals surface area contributed by atoms with Crippen LogP contribution in [0, 0.1) is 0 Å². The van der Waals surface area contributed by atoms with Gasteiger partial charge in [-0.3, -0.25) is 4.79 Å². The fraction of sp³-hybridized carbons (Fsp3) is 0.138. The molecule has 2 N–H and O–H groups in total. The maximum Gasteiger partial charge on any atom is 0.255 e. The third-order valence-corrected chi connectivity index (χ3v) is 6.88. The number of nitrogens with zero attached hydrogens (tertiary/aromatic N) is 2. The van der Waals surface area contributed by atoms with Crippen molar-refractivity contribution in [2.45, 2.75) is 13.8 Å². The molecule has 0 spiro atoms. The maximum absolute atomic E-state index is 12.9. The first-order chi connectivity index (χ1) is 18.6. The summed E-state index contributed by atoms with van der Waals surface area (Å²) in [6.45, 7) is 4.65. The number of carbonyl (C=O) groups is 1. The third kappa shape index (κ3) is 5.41. The van der Waals surface area contributed by atoms with Crippen molar-refractivity contribution in [3.63, 3.8) is 0 Å². The first-order valence-corrected chi connectivity index (χ1v) is 13.4. The lowest BCUT2D eigenvalue weighted by Gasteiger charge is -2.18. The van der Waals surface area contributed by atoms with E-state index in [0.717, 1.165) is 21.3 Å². The molecule has 0 fully saturated rings. The van der Waals surface area contributed by atoms with Gasteiger partial charge < -0.3 is 20.1 Å². The quantitative estimate of drug-likeness (QED) is 0.197. The highest BCUT2D eigenvalue weighted by Gasteiger charge is 2.19. The molecule has 2 heterocycles. The smallest absolute Gasteiger partial charge is 0.255 e. The fourth-order valence-electron chi connectivity index (χ4n) is 4.03. The van der Waals surface area contributed by atoms with Gasteiger partial charge in [0.15, 0.2) is 0 Å². The molecule has 1 amide bonds. The van der Waals surface area contributed by atoms with Gasteiger partial charge in [0.2, 0.25) is 0 Å². The molecule has 2 aromatic heterocycles. The number of halogens is 1. The summed E-state index contributed by atoms with van der Waals surface area (Å²) in [5.74, 6) is 1.45. The summed E-state index contributed by atoms with van der Waals surface area (Å²) < 4.78 is 11.9. The van der Waals surface area contributed by atoms with Crippen LogP contribution in [0.4, 0.5) is 17.2 Å². The zero-order valence-electron chi connectivity index (χ0n) is 20.8. The molecular formula is C29H25ClN4O3S. The van der Waals surface area contributed by atoms with E-state index in [9.17, 15) is 4.79 Å². The average Bonchev–Trinajstić information content (AvgIpc) is 3.37. The number of carbonyl (C=O) groups excluding carboxylic acids is 1. The Hall–Kier alpha value is -4.14. The monoisotopic (exact) mass is 544 g/mol. The standard InChI is InChI=1S/C29H25ClN4O3S/c1-3-36-24-15-23(34-28(35)19-8-6-5-7-9-19)25(37-4-2)14-22(24)33-27-26-21(16-38-29(26)32-17-31-27)18-10-12-20(30)13-11-18/h5-17H,3-4H2,1-2H3,(H,34,35)(H,31,32,33). The number of aromatic nitrogens is 2. The first-order valence-electron chi connectivity index (χ1n) is 12.1. The minimum atomic E-state index is -0.238. The van der Waals surface area contributed by atoms with Gasteiger partial charge in [0.1, 0.15) is 28.5 Å². The Morgan fingerprint density at radius 1 is 0.921 bits per heavy atom. The fourth-order valence-corrected chi connectivity index (χ4v) is 5.07. The number of benzene rings is 3. The number of thiophene rings is 1. The number of amides is 1. The zero-order chi connectivity index (χ0) is 26.5. The van der Waals surface area contributed by atoms with Gasteiger partial charge in [-0.25, -0.2) is 9.97 Å². The number of rotatable bonds is 9. The Bertz CT molecular complexity index is 1570. The van der Waals surface area contributed by atoms with Crippen LogP contribution in [-0.2, 0) is 0 Å². The third-order valence-electron chi connectivity index (χ3n) is 5.74. The topological polar surface area (TPSA) is 85.4 Å². The number of nitrogens with one attached hydrogen (secondary N) is 2. The number of fused-ring (bicyclic) bond motifs is 1. The number of hydrogen-bond donors (Lipinski definition) is 2. The van der Waals surface area contributed by atoms with Crippen LogP contribution in [-0.4, -0.2) is 29.1 Å².